The predicted molar refractivity (Wildman–Crippen MR) is 70.9 cm³/mol. The first-order valence-corrected chi connectivity index (χ1v) is 14.8. The van der Waals surface area contributed by atoms with Gasteiger partial charge in [0.1, 0.15) is 0 Å². The molecule has 0 aliphatic heterocycles. The normalized spacial score (nSPS) is 16.8. The molecule has 1 aliphatic rings. The third kappa shape index (κ3) is 3.27. The maximum absolute atomic E-state index is 2.54. The van der Waals surface area contributed by atoms with E-state index in [2.05, 4.69) is 51.2 Å². The van der Waals surface area contributed by atoms with E-state index in [0.717, 1.165) is 3.63 Å². The molecule has 0 amide bonds. The summed E-state index contributed by atoms with van der Waals surface area (Å²) in [4.78, 5) is 0. The van der Waals surface area contributed by atoms with Crippen molar-refractivity contribution in [1.82, 2.24) is 0 Å². The average Bonchev–Trinajstić information content (AvgIpc) is 2.52. The molecule has 0 saturated heterocycles. The zero-order valence-corrected chi connectivity index (χ0v) is 15.0. The Kier molecular flexibility index (Phi) is 7.46. The van der Waals surface area contributed by atoms with E-state index in [-0.39, 0.29) is 37.7 Å². The van der Waals surface area contributed by atoms with E-state index in [4.69, 9.17) is 0 Å². The van der Waals surface area contributed by atoms with Crippen molar-refractivity contribution >= 4 is 11.5 Å². The third-order valence-corrected chi connectivity index (χ3v) is 13.4. The Bertz CT molecular complexity index is 430. The van der Waals surface area contributed by atoms with Crippen LogP contribution in [0.5, 0.6) is 0 Å². The standard InChI is InChI=1S/C12H13.C2H7Si.2FH.Zr/c1-3-10-8-11-6-4-5-7-12(11)9(10)2;1-3-2;;;/h4-8H,3H2,1-2H3;3H,1-2H3;2*1H;/q;;;;+2/p-2. The van der Waals surface area contributed by atoms with Crippen LogP contribution >= 0.6 is 0 Å². The fourth-order valence-corrected chi connectivity index (χ4v) is 13.1. The zero-order chi connectivity index (χ0) is 11.7. The number of hydrogen-bond donors (Lipinski definition) is 0. The molecule has 1 aromatic carbocycles. The quantitative estimate of drug-likeness (QED) is 0.556. The van der Waals surface area contributed by atoms with Crippen LogP contribution in [0.1, 0.15) is 35.0 Å². The summed E-state index contributed by atoms with van der Waals surface area (Å²) >= 11 is -0.192. The molecule has 0 spiro atoms. The molecule has 0 heterocycles. The first kappa shape index (κ1) is 17.9. The fraction of sp³-hybridized carbons (Fsp3) is 0.429. The van der Waals surface area contributed by atoms with Crippen LogP contribution in [-0.2, 0) is 22.4 Å². The SMILES string of the molecule is CCC1=C(C)c2ccccc2[CH]1[Zr+2][SiH](C)C.[F-].[F-]. The second-order valence-corrected chi connectivity index (χ2v) is 19.9. The Morgan fingerprint density at radius 3 is 2.33 bits per heavy atom. The number of hydrogen-bond acceptors (Lipinski definition) is 0. The van der Waals surface area contributed by atoms with Crippen LogP contribution in [0, 0.1) is 0 Å². The van der Waals surface area contributed by atoms with Gasteiger partial charge in [-0.15, -0.1) is 0 Å². The maximum atomic E-state index is 2.54. The van der Waals surface area contributed by atoms with Gasteiger partial charge < -0.3 is 9.41 Å². The van der Waals surface area contributed by atoms with Crippen LogP contribution in [0.2, 0.25) is 13.1 Å². The second kappa shape index (κ2) is 7.49. The Hall–Kier alpha value is -0.0800. The molecule has 1 aromatic rings. The van der Waals surface area contributed by atoms with Gasteiger partial charge in [0, 0.05) is 0 Å². The molecule has 0 N–H and O–H groups in total. The Morgan fingerprint density at radius 2 is 1.78 bits per heavy atom. The van der Waals surface area contributed by atoms with Crippen LogP contribution in [0.15, 0.2) is 29.8 Å². The summed E-state index contributed by atoms with van der Waals surface area (Å²) in [6, 6.07) is 9.11. The molecule has 98 valence electrons. The second-order valence-electron chi connectivity index (χ2n) is 4.85. The Labute approximate surface area is 121 Å². The first-order valence-electron chi connectivity index (χ1n) is 6.20. The van der Waals surface area contributed by atoms with E-state index in [1.807, 2.05) is 0 Å². The molecule has 0 radical (unpaired) electrons. The van der Waals surface area contributed by atoms with E-state index in [0.29, 0.717) is 0 Å². The number of benzene rings is 1. The van der Waals surface area contributed by atoms with Crippen molar-refractivity contribution < 1.29 is 31.8 Å². The van der Waals surface area contributed by atoms with Crippen molar-refractivity contribution in [3.8, 4) is 0 Å². The van der Waals surface area contributed by atoms with Gasteiger partial charge in [0.15, 0.2) is 0 Å². The molecular formula is C14H20F2SiZr. The van der Waals surface area contributed by atoms with E-state index in [1.165, 1.54) is 6.42 Å². The molecule has 0 bridgehead atoms. The predicted octanol–water partition coefficient (Wildman–Crippen LogP) is -2.00. The van der Waals surface area contributed by atoms with Crippen LogP contribution in [0.3, 0.4) is 0 Å². The monoisotopic (exact) mass is 344 g/mol. The molecule has 0 saturated carbocycles. The van der Waals surface area contributed by atoms with Crippen LogP contribution in [0.4, 0.5) is 0 Å². The van der Waals surface area contributed by atoms with E-state index in [1.54, 1.807) is 22.3 Å². The third-order valence-electron chi connectivity index (χ3n) is 3.39. The van der Waals surface area contributed by atoms with Crippen LogP contribution in [0.25, 0.3) is 5.57 Å². The van der Waals surface area contributed by atoms with Crippen molar-refractivity contribution in [3.63, 3.8) is 0 Å². The molecule has 2 rings (SSSR count). The number of allylic oxidation sites excluding steroid dienone is 2. The van der Waals surface area contributed by atoms with E-state index < -0.39 is 0 Å². The van der Waals surface area contributed by atoms with Gasteiger partial charge in [-0.3, -0.25) is 0 Å². The van der Waals surface area contributed by atoms with Gasteiger partial charge >= 0.3 is 112 Å². The van der Waals surface area contributed by atoms with Crippen molar-refractivity contribution in [3.05, 3.63) is 41.0 Å². The Morgan fingerprint density at radius 1 is 1.17 bits per heavy atom. The van der Waals surface area contributed by atoms with Crippen molar-refractivity contribution in [2.24, 2.45) is 0 Å². The average molecular weight is 346 g/mol. The van der Waals surface area contributed by atoms with Gasteiger partial charge in [0.2, 0.25) is 0 Å². The topological polar surface area (TPSA) is 0 Å². The summed E-state index contributed by atoms with van der Waals surface area (Å²) < 4.78 is 0.913. The number of rotatable bonds is 3. The molecule has 1 atom stereocenters. The summed E-state index contributed by atoms with van der Waals surface area (Å²) in [6.45, 7) is 9.74. The van der Waals surface area contributed by atoms with E-state index >= 15 is 0 Å². The van der Waals surface area contributed by atoms with Crippen molar-refractivity contribution in [1.29, 1.82) is 0 Å². The van der Waals surface area contributed by atoms with Gasteiger partial charge in [-0.25, -0.2) is 0 Å². The van der Waals surface area contributed by atoms with Gasteiger partial charge in [0.25, 0.3) is 0 Å². The molecule has 1 unspecified atom stereocenters. The Balaban J connectivity index is 0.00000144. The minimum Gasteiger partial charge on any atom is -1.00 e. The largest absolute Gasteiger partial charge is 1.00 e. The van der Waals surface area contributed by atoms with E-state index in [9.17, 15) is 0 Å². The fourth-order valence-electron chi connectivity index (χ4n) is 2.66. The summed E-state index contributed by atoms with van der Waals surface area (Å²) in [5.41, 5.74) is 6.59. The number of fused-ring (bicyclic) bond motifs is 1. The number of halogens is 2. The molecule has 0 fully saturated rings. The van der Waals surface area contributed by atoms with Crippen LogP contribution in [-0.4, -0.2) is 5.92 Å². The minimum atomic E-state index is -0.326. The van der Waals surface area contributed by atoms with Crippen LogP contribution < -0.4 is 9.41 Å². The minimum absolute atomic E-state index is 0. The molecule has 0 aromatic heterocycles. The maximum Gasteiger partial charge on any atom is -1.00 e. The zero-order valence-electron chi connectivity index (χ0n) is 11.4. The molecule has 0 nitrogen and oxygen atoms in total. The molecular weight excluding hydrogens is 325 g/mol. The van der Waals surface area contributed by atoms with Gasteiger partial charge in [0.05, 0.1) is 0 Å². The van der Waals surface area contributed by atoms with Crippen molar-refractivity contribution in [2.45, 2.75) is 37.0 Å². The summed E-state index contributed by atoms with van der Waals surface area (Å²) in [7, 11) is 0. The summed E-state index contributed by atoms with van der Waals surface area (Å²) in [6.07, 6.45) is 1.26. The summed E-state index contributed by atoms with van der Waals surface area (Å²) in [5, 5.41) is 0. The molecule has 1 aliphatic carbocycles. The summed E-state index contributed by atoms with van der Waals surface area (Å²) in [5.74, 6) is -0.326. The molecule has 18 heavy (non-hydrogen) atoms. The van der Waals surface area contributed by atoms with Gasteiger partial charge in [-0.2, -0.15) is 0 Å². The smallest absolute Gasteiger partial charge is 1.00 e. The van der Waals surface area contributed by atoms with Gasteiger partial charge in [-0.05, 0) is 0 Å². The van der Waals surface area contributed by atoms with Crippen molar-refractivity contribution in [2.75, 3.05) is 0 Å². The van der Waals surface area contributed by atoms with Gasteiger partial charge in [-0.1, -0.05) is 0 Å². The first-order chi connectivity index (χ1) is 7.65. The molecule has 4 heteroatoms.